The van der Waals surface area contributed by atoms with Crippen molar-refractivity contribution in [2.75, 3.05) is 0 Å². The molecule has 0 fully saturated rings. The lowest BCUT2D eigenvalue weighted by atomic mass is 9.72. The van der Waals surface area contributed by atoms with Crippen molar-refractivity contribution in [3.8, 4) is 0 Å². The van der Waals surface area contributed by atoms with E-state index in [1.165, 1.54) is 5.56 Å². The highest BCUT2D eigenvalue weighted by atomic mass is 16.1. The van der Waals surface area contributed by atoms with Gasteiger partial charge in [0.2, 0.25) is 0 Å². The Hall–Kier alpha value is -1.63. The maximum atomic E-state index is 11.4. The molecule has 0 spiro atoms. The Balaban J connectivity index is 2.39. The molecule has 1 aromatic rings. The number of hydrogen-bond acceptors (Lipinski definition) is 1. The number of benzene rings is 1. The molecule has 1 atom stereocenters. The fraction of sp³-hybridized carbons (Fsp3) is 0.267. The van der Waals surface area contributed by atoms with E-state index in [0.29, 0.717) is 6.42 Å². The number of Topliss-reactive ketones (excluding diaryl/α,β-unsaturated/α-hetero) is 1. The molecule has 0 saturated heterocycles. The lowest BCUT2D eigenvalue weighted by molar-refractivity contribution is -0.117. The first-order valence-electron chi connectivity index (χ1n) is 5.62. The lowest BCUT2D eigenvalue weighted by Crippen LogP contribution is -2.26. The van der Waals surface area contributed by atoms with E-state index in [9.17, 15) is 4.79 Å². The van der Waals surface area contributed by atoms with Crippen LogP contribution in [0.25, 0.3) is 0 Å². The van der Waals surface area contributed by atoms with Crippen molar-refractivity contribution in [1.29, 1.82) is 0 Å². The lowest BCUT2D eigenvalue weighted by Gasteiger charge is -2.31. The van der Waals surface area contributed by atoms with Gasteiger partial charge in [0.05, 0.1) is 0 Å². The molecule has 82 valence electrons. The third-order valence-electron chi connectivity index (χ3n) is 3.06. The van der Waals surface area contributed by atoms with Gasteiger partial charge in [-0.25, -0.2) is 0 Å². The fourth-order valence-corrected chi connectivity index (χ4v) is 2.33. The van der Waals surface area contributed by atoms with Gasteiger partial charge in [-0.05, 0) is 18.9 Å². The topological polar surface area (TPSA) is 17.1 Å². The molecule has 0 N–H and O–H groups in total. The van der Waals surface area contributed by atoms with Gasteiger partial charge in [-0.3, -0.25) is 4.79 Å². The van der Waals surface area contributed by atoms with Crippen molar-refractivity contribution in [3.63, 3.8) is 0 Å². The Morgan fingerprint density at radius 2 is 2.00 bits per heavy atom. The van der Waals surface area contributed by atoms with Crippen LogP contribution in [0.4, 0.5) is 0 Å². The molecule has 1 aliphatic rings. The SMILES string of the molecule is CC(=O)CC1(c2ccccc2)C=CC=CC1. The maximum absolute atomic E-state index is 11.4. The molecule has 0 aromatic heterocycles. The van der Waals surface area contributed by atoms with Crippen molar-refractivity contribution in [3.05, 3.63) is 60.2 Å². The second kappa shape index (κ2) is 4.48. The first-order valence-corrected chi connectivity index (χ1v) is 5.62. The second-order valence-electron chi connectivity index (χ2n) is 4.39. The largest absolute Gasteiger partial charge is 0.300 e. The smallest absolute Gasteiger partial charge is 0.131 e. The van der Waals surface area contributed by atoms with Crippen molar-refractivity contribution < 1.29 is 4.79 Å². The summed E-state index contributed by atoms with van der Waals surface area (Å²) in [4.78, 5) is 11.4. The van der Waals surface area contributed by atoms with Gasteiger partial charge < -0.3 is 0 Å². The number of carbonyl (C=O) groups excluding carboxylic acids is 1. The third kappa shape index (κ3) is 2.13. The van der Waals surface area contributed by atoms with Crippen LogP contribution in [0.2, 0.25) is 0 Å². The standard InChI is InChI=1S/C15H16O/c1-13(16)12-15(10-6-3-7-11-15)14-8-4-2-5-9-14/h2-10H,11-12H2,1H3. The van der Waals surface area contributed by atoms with Gasteiger partial charge in [0, 0.05) is 11.8 Å². The quantitative estimate of drug-likeness (QED) is 0.750. The minimum Gasteiger partial charge on any atom is -0.300 e. The predicted octanol–water partition coefficient (Wildman–Crippen LogP) is 3.42. The van der Waals surface area contributed by atoms with Crippen molar-refractivity contribution in [1.82, 2.24) is 0 Å². The van der Waals surface area contributed by atoms with Crippen LogP contribution in [-0.4, -0.2) is 5.78 Å². The van der Waals surface area contributed by atoms with E-state index in [1.54, 1.807) is 6.92 Å². The van der Waals surface area contributed by atoms with Crippen LogP contribution in [0.1, 0.15) is 25.3 Å². The molecule has 0 heterocycles. The van der Waals surface area contributed by atoms with Gasteiger partial charge in [0.15, 0.2) is 0 Å². The van der Waals surface area contributed by atoms with E-state index in [2.05, 4.69) is 24.3 Å². The number of hydrogen-bond donors (Lipinski definition) is 0. The van der Waals surface area contributed by atoms with Crippen LogP contribution in [0.15, 0.2) is 54.6 Å². The van der Waals surface area contributed by atoms with Crippen LogP contribution in [0.5, 0.6) is 0 Å². The van der Waals surface area contributed by atoms with Gasteiger partial charge in [0.1, 0.15) is 5.78 Å². The number of rotatable bonds is 3. The molecule has 0 amide bonds. The Morgan fingerprint density at radius 3 is 2.56 bits per heavy atom. The molecule has 0 saturated carbocycles. The van der Waals surface area contributed by atoms with Crippen LogP contribution < -0.4 is 0 Å². The van der Waals surface area contributed by atoms with Crippen LogP contribution >= 0.6 is 0 Å². The summed E-state index contributed by atoms with van der Waals surface area (Å²) in [6.45, 7) is 1.66. The molecule has 1 aliphatic carbocycles. The summed E-state index contributed by atoms with van der Waals surface area (Å²) in [5.74, 6) is 0.240. The zero-order chi connectivity index (χ0) is 11.4. The average Bonchev–Trinajstić information content (AvgIpc) is 2.30. The van der Waals surface area contributed by atoms with Gasteiger partial charge in [0.25, 0.3) is 0 Å². The molecule has 1 aromatic carbocycles. The van der Waals surface area contributed by atoms with Crippen molar-refractivity contribution >= 4 is 5.78 Å². The average molecular weight is 212 g/mol. The predicted molar refractivity (Wildman–Crippen MR) is 66.3 cm³/mol. The van der Waals surface area contributed by atoms with Gasteiger partial charge in [-0.15, -0.1) is 0 Å². The molecule has 16 heavy (non-hydrogen) atoms. The monoisotopic (exact) mass is 212 g/mol. The summed E-state index contributed by atoms with van der Waals surface area (Å²) in [7, 11) is 0. The molecule has 1 nitrogen and oxygen atoms in total. The second-order valence-corrected chi connectivity index (χ2v) is 4.39. The summed E-state index contributed by atoms with van der Waals surface area (Å²) in [6.07, 6.45) is 9.87. The molecular weight excluding hydrogens is 196 g/mol. The highest BCUT2D eigenvalue weighted by molar-refractivity contribution is 5.78. The van der Waals surface area contributed by atoms with Gasteiger partial charge >= 0.3 is 0 Å². The normalized spacial score (nSPS) is 23.3. The molecule has 0 aliphatic heterocycles. The molecule has 1 unspecified atom stereocenters. The molecule has 0 radical (unpaired) electrons. The van der Waals surface area contributed by atoms with Crippen LogP contribution in [0.3, 0.4) is 0 Å². The van der Waals surface area contributed by atoms with E-state index in [0.717, 1.165) is 6.42 Å². The highest BCUT2D eigenvalue weighted by Crippen LogP contribution is 2.36. The van der Waals surface area contributed by atoms with Crippen LogP contribution in [0, 0.1) is 0 Å². The highest BCUT2D eigenvalue weighted by Gasteiger charge is 2.30. The summed E-state index contributed by atoms with van der Waals surface area (Å²) < 4.78 is 0. The zero-order valence-electron chi connectivity index (χ0n) is 9.52. The molecule has 1 heteroatoms. The van der Waals surface area contributed by atoms with Crippen LogP contribution in [-0.2, 0) is 10.2 Å². The fourth-order valence-electron chi connectivity index (χ4n) is 2.33. The Bertz CT molecular complexity index is 428. The Kier molecular flexibility index (Phi) is 3.04. The molecule has 2 rings (SSSR count). The van der Waals surface area contributed by atoms with Crippen molar-refractivity contribution in [2.24, 2.45) is 0 Å². The molecule has 0 bridgehead atoms. The Morgan fingerprint density at radius 1 is 1.25 bits per heavy atom. The minimum absolute atomic E-state index is 0.123. The first-order chi connectivity index (χ1) is 7.73. The minimum atomic E-state index is -0.123. The summed E-state index contributed by atoms with van der Waals surface area (Å²) >= 11 is 0. The third-order valence-corrected chi connectivity index (χ3v) is 3.06. The van der Waals surface area contributed by atoms with E-state index < -0.39 is 0 Å². The Labute approximate surface area is 96.5 Å². The summed E-state index contributed by atoms with van der Waals surface area (Å²) in [5.41, 5.74) is 1.10. The summed E-state index contributed by atoms with van der Waals surface area (Å²) in [6, 6.07) is 10.3. The van der Waals surface area contributed by atoms with E-state index in [4.69, 9.17) is 0 Å². The first kappa shape index (κ1) is 10.9. The van der Waals surface area contributed by atoms with E-state index in [-0.39, 0.29) is 11.2 Å². The van der Waals surface area contributed by atoms with Gasteiger partial charge in [-0.2, -0.15) is 0 Å². The van der Waals surface area contributed by atoms with Gasteiger partial charge in [-0.1, -0.05) is 54.6 Å². The number of allylic oxidation sites excluding steroid dienone is 4. The molecular formula is C15H16O. The summed E-state index contributed by atoms with van der Waals surface area (Å²) in [5, 5.41) is 0. The number of carbonyl (C=O) groups is 1. The van der Waals surface area contributed by atoms with Crippen molar-refractivity contribution in [2.45, 2.75) is 25.2 Å². The van der Waals surface area contributed by atoms with E-state index in [1.807, 2.05) is 30.4 Å². The number of ketones is 1. The maximum Gasteiger partial charge on any atom is 0.131 e. The van der Waals surface area contributed by atoms with E-state index >= 15 is 0 Å². The zero-order valence-corrected chi connectivity index (χ0v) is 9.52.